The Kier molecular flexibility index (Phi) is 16.6. The third kappa shape index (κ3) is 10.7. The molecule has 146 valence electrons. The summed E-state index contributed by atoms with van der Waals surface area (Å²) in [5.74, 6) is 0.962. The number of nitrogens with zero attached hydrogens (tertiary/aromatic N) is 3. The predicted octanol–water partition coefficient (Wildman–Crippen LogP) is 1.95. The number of halogens is 2. The highest BCUT2D eigenvalue weighted by Gasteiger charge is 2.17. The molecule has 0 aliphatic carbocycles. The Morgan fingerprint density at radius 1 is 1.00 bits per heavy atom. The van der Waals surface area contributed by atoms with Gasteiger partial charge in [0.05, 0.1) is 0 Å². The van der Waals surface area contributed by atoms with E-state index in [1.54, 1.807) is 0 Å². The normalized spacial score (nSPS) is 14.7. The Balaban J connectivity index is 0. The van der Waals surface area contributed by atoms with E-state index in [-0.39, 0.29) is 24.8 Å². The van der Waals surface area contributed by atoms with Crippen molar-refractivity contribution in [2.24, 2.45) is 5.92 Å². The van der Waals surface area contributed by atoms with Gasteiger partial charge in [-0.1, -0.05) is 27.7 Å². The van der Waals surface area contributed by atoms with Crippen molar-refractivity contribution in [1.82, 2.24) is 20.0 Å². The summed E-state index contributed by atoms with van der Waals surface area (Å²) >= 11 is 0. The van der Waals surface area contributed by atoms with Crippen molar-refractivity contribution in [1.29, 1.82) is 0 Å². The van der Waals surface area contributed by atoms with Crippen LogP contribution in [0.1, 0.15) is 34.1 Å². The van der Waals surface area contributed by atoms with Crippen molar-refractivity contribution in [3.8, 4) is 0 Å². The van der Waals surface area contributed by atoms with Crippen LogP contribution < -0.4 is 5.32 Å². The Morgan fingerprint density at radius 3 is 2.04 bits per heavy atom. The predicted molar refractivity (Wildman–Crippen MR) is 108 cm³/mol. The molecule has 0 aromatic carbocycles. The number of rotatable bonds is 10. The number of carbonyl (C=O) groups is 1. The van der Waals surface area contributed by atoms with Crippen molar-refractivity contribution in [3.05, 3.63) is 0 Å². The summed E-state index contributed by atoms with van der Waals surface area (Å²) in [5.41, 5.74) is 0. The molecule has 1 fully saturated rings. The molecule has 1 aliphatic heterocycles. The maximum Gasteiger partial charge on any atom is 0.223 e. The first-order valence-corrected chi connectivity index (χ1v) is 9.00. The van der Waals surface area contributed by atoms with Crippen LogP contribution in [0.15, 0.2) is 0 Å². The lowest BCUT2D eigenvalue weighted by Crippen LogP contribution is -2.47. The van der Waals surface area contributed by atoms with E-state index in [4.69, 9.17) is 0 Å². The first-order chi connectivity index (χ1) is 10.6. The molecule has 0 aromatic rings. The van der Waals surface area contributed by atoms with Crippen molar-refractivity contribution in [2.75, 3.05) is 65.4 Å². The van der Waals surface area contributed by atoms with Gasteiger partial charge in [0.2, 0.25) is 5.91 Å². The lowest BCUT2D eigenvalue weighted by atomic mass is 10.2. The van der Waals surface area contributed by atoms with E-state index in [9.17, 15) is 4.79 Å². The molecule has 1 N–H and O–H groups in total. The lowest BCUT2D eigenvalue weighted by Gasteiger charge is -2.30. The van der Waals surface area contributed by atoms with Gasteiger partial charge in [-0.15, -0.1) is 24.8 Å². The molecule has 0 unspecified atom stereocenters. The third-order valence-corrected chi connectivity index (χ3v) is 4.36. The van der Waals surface area contributed by atoms with Crippen LogP contribution in [-0.2, 0) is 4.79 Å². The summed E-state index contributed by atoms with van der Waals surface area (Å²) in [6, 6.07) is 0. The molecule has 0 radical (unpaired) electrons. The minimum atomic E-state index is 0. The van der Waals surface area contributed by atoms with Gasteiger partial charge in [0.1, 0.15) is 0 Å². The number of piperazine rings is 1. The fourth-order valence-electron chi connectivity index (χ4n) is 2.96. The lowest BCUT2D eigenvalue weighted by molar-refractivity contribution is -0.132. The van der Waals surface area contributed by atoms with Crippen LogP contribution in [-0.4, -0.2) is 86.1 Å². The standard InChI is InChI=1S/C17H36N4O.2ClH/c1-5-19(6-2)13-14-20(15-16(3)4)10-7-17(22)21-11-8-18-9-12-21;;/h16,18H,5-15H2,1-4H3;2*1H. The largest absolute Gasteiger partial charge is 0.340 e. The summed E-state index contributed by atoms with van der Waals surface area (Å²) in [7, 11) is 0. The van der Waals surface area contributed by atoms with Gasteiger partial charge in [0.15, 0.2) is 0 Å². The van der Waals surface area contributed by atoms with Gasteiger partial charge in [0.25, 0.3) is 0 Å². The van der Waals surface area contributed by atoms with E-state index < -0.39 is 0 Å². The summed E-state index contributed by atoms with van der Waals surface area (Å²) in [6.07, 6.45) is 0.658. The van der Waals surface area contributed by atoms with E-state index in [0.717, 1.165) is 65.4 Å². The second kappa shape index (κ2) is 15.2. The molecule has 0 saturated carbocycles. The first-order valence-electron chi connectivity index (χ1n) is 9.00. The van der Waals surface area contributed by atoms with Gasteiger partial charge in [-0.05, 0) is 19.0 Å². The quantitative estimate of drug-likeness (QED) is 0.624. The Labute approximate surface area is 161 Å². The van der Waals surface area contributed by atoms with Crippen molar-refractivity contribution >= 4 is 30.7 Å². The van der Waals surface area contributed by atoms with Gasteiger partial charge >= 0.3 is 0 Å². The van der Waals surface area contributed by atoms with E-state index in [2.05, 4.69) is 42.8 Å². The molecular weight excluding hydrogens is 347 g/mol. The van der Waals surface area contributed by atoms with Crippen LogP contribution in [0, 0.1) is 5.92 Å². The Morgan fingerprint density at radius 2 is 1.54 bits per heavy atom. The van der Waals surface area contributed by atoms with Gasteiger partial charge in [-0.25, -0.2) is 0 Å². The van der Waals surface area contributed by atoms with Crippen molar-refractivity contribution in [3.63, 3.8) is 0 Å². The molecule has 0 spiro atoms. The average molecular weight is 385 g/mol. The van der Waals surface area contributed by atoms with Gasteiger partial charge in [0, 0.05) is 58.8 Å². The van der Waals surface area contributed by atoms with E-state index in [1.807, 2.05) is 4.90 Å². The molecule has 24 heavy (non-hydrogen) atoms. The van der Waals surface area contributed by atoms with Gasteiger partial charge < -0.3 is 20.0 Å². The zero-order valence-corrected chi connectivity index (χ0v) is 17.6. The first kappa shape index (κ1) is 26.2. The number of likely N-dealkylation sites (N-methyl/N-ethyl adjacent to an activating group) is 1. The SMILES string of the molecule is CCN(CC)CCN(CCC(=O)N1CCNCC1)CC(C)C.Cl.Cl. The number of nitrogens with one attached hydrogen (secondary N) is 1. The Hall–Kier alpha value is -0.0700. The fourth-order valence-corrected chi connectivity index (χ4v) is 2.96. The monoisotopic (exact) mass is 384 g/mol. The highest BCUT2D eigenvalue weighted by atomic mass is 35.5. The minimum Gasteiger partial charge on any atom is -0.340 e. The van der Waals surface area contributed by atoms with E-state index in [1.165, 1.54) is 0 Å². The number of hydrogen-bond acceptors (Lipinski definition) is 4. The second-order valence-electron chi connectivity index (χ2n) is 6.60. The average Bonchev–Trinajstić information content (AvgIpc) is 2.53. The smallest absolute Gasteiger partial charge is 0.223 e. The molecule has 1 rings (SSSR count). The third-order valence-electron chi connectivity index (χ3n) is 4.36. The molecule has 1 aliphatic rings. The maximum atomic E-state index is 12.3. The molecule has 0 bridgehead atoms. The summed E-state index contributed by atoms with van der Waals surface area (Å²) in [4.78, 5) is 19.2. The molecule has 1 saturated heterocycles. The van der Waals surface area contributed by atoms with Gasteiger partial charge in [-0.2, -0.15) is 0 Å². The van der Waals surface area contributed by atoms with Gasteiger partial charge in [-0.3, -0.25) is 4.79 Å². The zero-order chi connectivity index (χ0) is 16.4. The second-order valence-corrected chi connectivity index (χ2v) is 6.60. The van der Waals surface area contributed by atoms with Crippen LogP contribution in [0.5, 0.6) is 0 Å². The topological polar surface area (TPSA) is 38.8 Å². The fraction of sp³-hybridized carbons (Fsp3) is 0.941. The molecule has 7 heteroatoms. The van der Waals surface area contributed by atoms with Crippen LogP contribution in [0.25, 0.3) is 0 Å². The van der Waals surface area contributed by atoms with Crippen LogP contribution in [0.3, 0.4) is 0 Å². The van der Waals surface area contributed by atoms with E-state index in [0.29, 0.717) is 18.2 Å². The summed E-state index contributed by atoms with van der Waals surface area (Å²) < 4.78 is 0. The molecular formula is C17H38Cl2N4O. The summed E-state index contributed by atoms with van der Waals surface area (Å²) in [5, 5.41) is 3.30. The highest BCUT2D eigenvalue weighted by molar-refractivity contribution is 5.85. The van der Waals surface area contributed by atoms with Crippen LogP contribution >= 0.6 is 24.8 Å². The van der Waals surface area contributed by atoms with Crippen LogP contribution in [0.4, 0.5) is 0 Å². The number of amides is 1. The van der Waals surface area contributed by atoms with Crippen molar-refractivity contribution in [2.45, 2.75) is 34.1 Å². The van der Waals surface area contributed by atoms with Crippen molar-refractivity contribution < 1.29 is 4.79 Å². The zero-order valence-electron chi connectivity index (χ0n) is 15.9. The number of hydrogen-bond donors (Lipinski definition) is 1. The molecule has 0 aromatic heterocycles. The molecule has 0 atom stereocenters. The maximum absolute atomic E-state index is 12.3. The minimum absolute atomic E-state index is 0. The van der Waals surface area contributed by atoms with E-state index >= 15 is 0 Å². The van der Waals surface area contributed by atoms with Crippen LogP contribution in [0.2, 0.25) is 0 Å². The molecule has 5 nitrogen and oxygen atoms in total. The molecule has 1 heterocycles. The Bertz CT molecular complexity index is 309. The summed E-state index contributed by atoms with van der Waals surface area (Å²) in [6.45, 7) is 18.9. The highest BCUT2D eigenvalue weighted by Crippen LogP contribution is 2.04. The molecule has 1 amide bonds. The number of carbonyl (C=O) groups excluding carboxylic acids is 1.